The van der Waals surface area contributed by atoms with Crippen LogP contribution < -0.4 is 5.32 Å². The predicted molar refractivity (Wildman–Crippen MR) is 118 cm³/mol. The highest BCUT2D eigenvalue weighted by atomic mass is 16.5. The summed E-state index contributed by atoms with van der Waals surface area (Å²) < 4.78 is 12.5. The number of benzene rings is 1. The third-order valence-corrected chi connectivity index (χ3v) is 5.23. The molecule has 0 aliphatic carbocycles. The van der Waals surface area contributed by atoms with Crippen molar-refractivity contribution in [3.05, 3.63) is 53.9 Å². The van der Waals surface area contributed by atoms with Crippen LogP contribution in [0.4, 0.5) is 10.5 Å². The van der Waals surface area contributed by atoms with E-state index in [1.54, 1.807) is 19.2 Å². The molecule has 3 heterocycles. The fourth-order valence-electron chi connectivity index (χ4n) is 3.86. The number of nitrogens with one attached hydrogen (secondary N) is 1. The van der Waals surface area contributed by atoms with Crippen LogP contribution in [0.15, 0.2) is 42.6 Å². The number of hydrogen-bond acceptors (Lipinski definition) is 5. The maximum absolute atomic E-state index is 12.9. The van der Waals surface area contributed by atoms with Crippen molar-refractivity contribution in [2.24, 2.45) is 0 Å². The van der Waals surface area contributed by atoms with Crippen molar-refractivity contribution >= 4 is 28.7 Å². The molecular formula is C23H26N4O4. The maximum Gasteiger partial charge on any atom is 0.411 e. The molecule has 2 amide bonds. The lowest BCUT2D eigenvalue weighted by atomic mass is 10.2. The van der Waals surface area contributed by atoms with E-state index in [1.165, 1.54) is 0 Å². The van der Waals surface area contributed by atoms with Gasteiger partial charge in [-0.2, -0.15) is 0 Å². The van der Waals surface area contributed by atoms with Crippen LogP contribution in [0.2, 0.25) is 0 Å². The summed E-state index contributed by atoms with van der Waals surface area (Å²) in [4.78, 5) is 31.1. The molecule has 1 aliphatic rings. The van der Waals surface area contributed by atoms with Gasteiger partial charge in [0, 0.05) is 41.7 Å². The Kier molecular flexibility index (Phi) is 5.90. The van der Waals surface area contributed by atoms with Crippen molar-refractivity contribution in [2.75, 3.05) is 31.6 Å². The second-order valence-electron chi connectivity index (χ2n) is 7.59. The second-order valence-corrected chi connectivity index (χ2v) is 7.59. The average Bonchev–Trinajstić information content (AvgIpc) is 3.08. The second kappa shape index (κ2) is 8.77. The van der Waals surface area contributed by atoms with Crippen molar-refractivity contribution in [1.82, 2.24) is 14.5 Å². The minimum absolute atomic E-state index is 0.0319. The highest BCUT2D eigenvalue weighted by Crippen LogP contribution is 2.25. The number of fused-ring (bicyclic) bond motifs is 1. The Morgan fingerprint density at radius 3 is 2.90 bits per heavy atom. The minimum atomic E-state index is -0.493. The predicted octanol–water partition coefficient (Wildman–Crippen LogP) is 3.76. The first-order valence-electron chi connectivity index (χ1n) is 10.4. The largest absolute Gasteiger partial charge is 0.450 e. The van der Waals surface area contributed by atoms with E-state index in [9.17, 15) is 9.59 Å². The van der Waals surface area contributed by atoms with E-state index in [0.29, 0.717) is 37.6 Å². The molecule has 0 saturated carbocycles. The molecule has 4 rings (SSSR count). The van der Waals surface area contributed by atoms with Gasteiger partial charge in [0.05, 0.1) is 24.9 Å². The van der Waals surface area contributed by atoms with Gasteiger partial charge in [0.1, 0.15) is 5.65 Å². The monoisotopic (exact) mass is 422 g/mol. The molecule has 1 aliphatic heterocycles. The lowest BCUT2D eigenvalue weighted by Crippen LogP contribution is -2.44. The van der Waals surface area contributed by atoms with Gasteiger partial charge in [0.15, 0.2) is 0 Å². The van der Waals surface area contributed by atoms with Crippen molar-refractivity contribution in [3.8, 4) is 5.69 Å². The van der Waals surface area contributed by atoms with Gasteiger partial charge in [-0.15, -0.1) is 0 Å². The molecule has 0 radical (unpaired) electrons. The zero-order chi connectivity index (χ0) is 22.0. The number of nitrogens with zero attached hydrogens (tertiary/aromatic N) is 3. The first-order chi connectivity index (χ1) is 15.0. The molecular weight excluding hydrogens is 396 g/mol. The van der Waals surface area contributed by atoms with E-state index >= 15 is 0 Å². The first-order valence-corrected chi connectivity index (χ1v) is 10.4. The summed E-state index contributed by atoms with van der Waals surface area (Å²) in [5.74, 6) is -0.0319. The number of hydrogen-bond donors (Lipinski definition) is 1. The van der Waals surface area contributed by atoms with Crippen molar-refractivity contribution in [3.63, 3.8) is 0 Å². The number of aromatic nitrogens is 2. The molecule has 1 aromatic carbocycles. The lowest BCUT2D eigenvalue weighted by molar-refractivity contribution is -0.0124. The zero-order valence-corrected chi connectivity index (χ0v) is 17.9. The molecule has 1 fully saturated rings. The highest BCUT2D eigenvalue weighted by Gasteiger charge is 2.23. The Morgan fingerprint density at radius 1 is 1.29 bits per heavy atom. The number of amides is 2. The van der Waals surface area contributed by atoms with Crippen LogP contribution in [0.25, 0.3) is 16.7 Å². The standard InChI is InChI=1S/C23H26N4O4/c1-4-30-23(29)25-19-6-5-7-20(12-19)27-15(2)10-17-11-18(13-24-21(17)27)22(28)26-8-9-31-16(3)14-26/h5-7,10-13,16H,4,8-9,14H2,1-3H3,(H,25,29)/t16-/m0/s1. The van der Waals surface area contributed by atoms with Gasteiger partial charge in [-0.1, -0.05) is 6.07 Å². The molecule has 1 atom stereocenters. The van der Waals surface area contributed by atoms with Crippen molar-refractivity contribution in [1.29, 1.82) is 0 Å². The summed E-state index contributed by atoms with van der Waals surface area (Å²) in [6, 6.07) is 11.4. The van der Waals surface area contributed by atoms with Gasteiger partial charge in [-0.05, 0) is 51.1 Å². The zero-order valence-electron chi connectivity index (χ0n) is 17.9. The lowest BCUT2D eigenvalue weighted by Gasteiger charge is -2.31. The summed E-state index contributed by atoms with van der Waals surface area (Å²) in [5.41, 5.74) is 3.77. The SMILES string of the molecule is CCOC(=O)Nc1cccc(-n2c(C)cc3cc(C(=O)N4CCO[C@@H](C)C4)cnc32)c1. The summed E-state index contributed by atoms with van der Waals surface area (Å²) in [5, 5.41) is 3.60. The molecule has 0 bridgehead atoms. The highest BCUT2D eigenvalue weighted by molar-refractivity contribution is 5.97. The van der Waals surface area contributed by atoms with Gasteiger partial charge >= 0.3 is 6.09 Å². The third kappa shape index (κ3) is 4.39. The van der Waals surface area contributed by atoms with E-state index in [1.807, 2.05) is 53.6 Å². The Balaban J connectivity index is 1.64. The van der Waals surface area contributed by atoms with E-state index in [-0.39, 0.29) is 12.0 Å². The number of rotatable bonds is 4. The number of morpholine rings is 1. The van der Waals surface area contributed by atoms with Gasteiger partial charge < -0.3 is 14.4 Å². The topological polar surface area (TPSA) is 85.7 Å². The van der Waals surface area contributed by atoms with Crippen LogP contribution in [0.5, 0.6) is 0 Å². The quantitative estimate of drug-likeness (QED) is 0.692. The number of pyridine rings is 1. The Morgan fingerprint density at radius 2 is 2.13 bits per heavy atom. The fraction of sp³-hybridized carbons (Fsp3) is 0.348. The van der Waals surface area contributed by atoms with Crippen LogP contribution in [-0.2, 0) is 9.47 Å². The molecule has 0 spiro atoms. The molecule has 3 aromatic rings. The van der Waals surface area contributed by atoms with Crippen LogP contribution in [0.1, 0.15) is 29.9 Å². The third-order valence-electron chi connectivity index (χ3n) is 5.23. The average molecular weight is 422 g/mol. The van der Waals surface area contributed by atoms with E-state index < -0.39 is 6.09 Å². The normalized spacial score (nSPS) is 16.4. The molecule has 162 valence electrons. The number of ether oxygens (including phenoxy) is 2. The van der Waals surface area contributed by atoms with Crippen LogP contribution in [0, 0.1) is 6.92 Å². The van der Waals surface area contributed by atoms with Gasteiger partial charge in [0.2, 0.25) is 0 Å². The molecule has 2 aromatic heterocycles. The number of carbonyl (C=O) groups excluding carboxylic acids is 2. The van der Waals surface area contributed by atoms with E-state index in [0.717, 1.165) is 22.4 Å². The summed E-state index contributed by atoms with van der Waals surface area (Å²) >= 11 is 0. The summed E-state index contributed by atoms with van der Waals surface area (Å²) in [6.45, 7) is 7.73. The summed E-state index contributed by atoms with van der Waals surface area (Å²) in [7, 11) is 0. The number of aryl methyl sites for hydroxylation is 1. The molecule has 8 nitrogen and oxygen atoms in total. The Bertz CT molecular complexity index is 1120. The molecule has 8 heteroatoms. The molecule has 1 N–H and O–H groups in total. The van der Waals surface area contributed by atoms with E-state index in [4.69, 9.17) is 9.47 Å². The Labute approximate surface area is 180 Å². The van der Waals surface area contributed by atoms with Crippen LogP contribution in [-0.4, -0.2) is 58.9 Å². The smallest absolute Gasteiger partial charge is 0.411 e. The van der Waals surface area contributed by atoms with Crippen molar-refractivity contribution < 1.29 is 19.1 Å². The molecule has 1 saturated heterocycles. The van der Waals surface area contributed by atoms with E-state index in [2.05, 4.69) is 10.3 Å². The van der Waals surface area contributed by atoms with Crippen LogP contribution in [0.3, 0.4) is 0 Å². The first kappa shape index (κ1) is 20.9. The van der Waals surface area contributed by atoms with Crippen LogP contribution >= 0.6 is 0 Å². The maximum atomic E-state index is 12.9. The molecule has 0 unspecified atom stereocenters. The van der Waals surface area contributed by atoms with Gasteiger partial charge in [-0.3, -0.25) is 14.7 Å². The summed E-state index contributed by atoms with van der Waals surface area (Å²) in [6.07, 6.45) is 1.17. The minimum Gasteiger partial charge on any atom is -0.450 e. The molecule has 31 heavy (non-hydrogen) atoms. The Hall–Kier alpha value is -3.39. The number of carbonyl (C=O) groups is 2. The van der Waals surface area contributed by atoms with Crippen molar-refractivity contribution in [2.45, 2.75) is 26.9 Å². The van der Waals surface area contributed by atoms with Gasteiger partial charge in [0.25, 0.3) is 5.91 Å². The van der Waals surface area contributed by atoms with Gasteiger partial charge in [-0.25, -0.2) is 9.78 Å². The fourth-order valence-corrected chi connectivity index (χ4v) is 3.86. The number of anilines is 1.